The van der Waals surface area contributed by atoms with Gasteiger partial charge in [0.1, 0.15) is 5.02 Å². The number of nitrogen functional groups attached to an aromatic ring is 1. The summed E-state index contributed by atoms with van der Waals surface area (Å²) < 4.78 is 1.68. The van der Waals surface area contributed by atoms with Gasteiger partial charge in [0.15, 0.2) is 5.82 Å². The van der Waals surface area contributed by atoms with Crippen molar-refractivity contribution in [2.45, 2.75) is 13.5 Å². The molecular formula is C5H9ClN4. The van der Waals surface area contributed by atoms with E-state index in [1.807, 2.05) is 6.92 Å². The fourth-order valence-electron chi connectivity index (χ4n) is 0.746. The number of nitrogens with one attached hydrogen (secondary N) is 1. The van der Waals surface area contributed by atoms with Gasteiger partial charge in [0, 0.05) is 6.54 Å². The van der Waals surface area contributed by atoms with Crippen molar-refractivity contribution in [2.24, 2.45) is 5.84 Å². The molecule has 0 aliphatic rings. The normalized spacial score (nSPS) is 9.90. The number of nitrogens with two attached hydrogens (primary N) is 1. The highest BCUT2D eigenvalue weighted by molar-refractivity contribution is 6.32. The van der Waals surface area contributed by atoms with Crippen LogP contribution in [0.15, 0.2) is 6.20 Å². The fraction of sp³-hybridized carbons (Fsp3) is 0.400. The molecule has 1 heterocycles. The van der Waals surface area contributed by atoms with Crippen LogP contribution in [-0.4, -0.2) is 9.78 Å². The predicted molar refractivity (Wildman–Crippen MR) is 40.7 cm³/mol. The van der Waals surface area contributed by atoms with Crippen LogP contribution < -0.4 is 11.3 Å². The number of rotatable bonds is 2. The first-order valence-corrected chi connectivity index (χ1v) is 3.35. The number of aryl methyl sites for hydroxylation is 1. The van der Waals surface area contributed by atoms with Crippen molar-refractivity contribution in [3.63, 3.8) is 0 Å². The molecule has 0 radical (unpaired) electrons. The highest BCUT2D eigenvalue weighted by atomic mass is 35.5. The van der Waals surface area contributed by atoms with Crippen LogP contribution >= 0.6 is 11.6 Å². The van der Waals surface area contributed by atoms with Gasteiger partial charge < -0.3 is 5.43 Å². The molecule has 4 nitrogen and oxygen atoms in total. The molecule has 0 aromatic carbocycles. The lowest BCUT2D eigenvalue weighted by Crippen LogP contribution is -2.12. The Morgan fingerprint density at radius 1 is 1.90 bits per heavy atom. The van der Waals surface area contributed by atoms with Crippen LogP contribution in [0.25, 0.3) is 0 Å². The summed E-state index contributed by atoms with van der Waals surface area (Å²) in [7, 11) is 0. The van der Waals surface area contributed by atoms with Gasteiger partial charge in [-0.05, 0) is 6.92 Å². The zero-order chi connectivity index (χ0) is 7.56. The molecule has 10 heavy (non-hydrogen) atoms. The smallest absolute Gasteiger partial charge is 0.157 e. The summed E-state index contributed by atoms with van der Waals surface area (Å²) in [4.78, 5) is 0. The van der Waals surface area contributed by atoms with Gasteiger partial charge in [-0.3, -0.25) is 0 Å². The van der Waals surface area contributed by atoms with E-state index in [-0.39, 0.29) is 0 Å². The molecule has 0 fully saturated rings. The van der Waals surface area contributed by atoms with E-state index >= 15 is 0 Å². The molecule has 1 rings (SSSR count). The first-order valence-electron chi connectivity index (χ1n) is 2.97. The number of hydrogen-bond donors (Lipinski definition) is 2. The van der Waals surface area contributed by atoms with Crippen LogP contribution in [0.4, 0.5) is 5.82 Å². The number of halogens is 1. The maximum absolute atomic E-state index is 5.70. The standard InChI is InChI=1S/C5H9ClN4/c1-2-10-5(9-7)4(6)3-8-10/h3,9H,2,7H2,1H3. The summed E-state index contributed by atoms with van der Waals surface area (Å²) >= 11 is 5.70. The molecule has 56 valence electrons. The molecule has 0 saturated carbocycles. The molecule has 0 bridgehead atoms. The van der Waals surface area contributed by atoms with Crippen molar-refractivity contribution in [1.82, 2.24) is 9.78 Å². The Bertz CT molecular complexity index is 219. The molecule has 0 unspecified atom stereocenters. The van der Waals surface area contributed by atoms with Crippen molar-refractivity contribution in [3.05, 3.63) is 11.2 Å². The lowest BCUT2D eigenvalue weighted by atomic mass is 10.6. The molecule has 0 spiro atoms. The lowest BCUT2D eigenvalue weighted by Gasteiger charge is -2.01. The SMILES string of the molecule is CCn1ncc(Cl)c1NN. The van der Waals surface area contributed by atoms with E-state index in [0.717, 1.165) is 6.54 Å². The van der Waals surface area contributed by atoms with Gasteiger partial charge in [-0.2, -0.15) is 5.10 Å². The fourth-order valence-corrected chi connectivity index (χ4v) is 0.942. The van der Waals surface area contributed by atoms with Crippen LogP contribution in [0.5, 0.6) is 0 Å². The quantitative estimate of drug-likeness (QED) is 0.498. The van der Waals surface area contributed by atoms with Crippen LogP contribution in [0, 0.1) is 0 Å². The molecule has 0 amide bonds. The average Bonchev–Trinajstić information content (AvgIpc) is 2.30. The molecule has 1 aromatic heterocycles. The highest BCUT2D eigenvalue weighted by Crippen LogP contribution is 2.18. The third kappa shape index (κ3) is 1.08. The second-order valence-corrected chi connectivity index (χ2v) is 2.21. The molecule has 0 saturated heterocycles. The topological polar surface area (TPSA) is 55.9 Å². The maximum Gasteiger partial charge on any atom is 0.157 e. The number of aromatic nitrogens is 2. The Morgan fingerprint density at radius 2 is 2.60 bits per heavy atom. The van der Waals surface area contributed by atoms with Gasteiger partial charge in [0.25, 0.3) is 0 Å². The molecule has 0 atom stereocenters. The van der Waals surface area contributed by atoms with Gasteiger partial charge in [-0.1, -0.05) is 11.6 Å². The zero-order valence-electron chi connectivity index (χ0n) is 5.63. The van der Waals surface area contributed by atoms with Gasteiger partial charge in [-0.15, -0.1) is 0 Å². The largest absolute Gasteiger partial charge is 0.307 e. The first kappa shape index (κ1) is 7.37. The Morgan fingerprint density at radius 3 is 3.00 bits per heavy atom. The zero-order valence-corrected chi connectivity index (χ0v) is 6.39. The molecule has 1 aromatic rings. The molecule has 5 heteroatoms. The minimum atomic E-state index is 0.546. The van der Waals surface area contributed by atoms with Crippen LogP contribution in [0.1, 0.15) is 6.92 Å². The van der Waals surface area contributed by atoms with E-state index < -0.39 is 0 Å². The number of nitrogens with zero attached hydrogens (tertiary/aromatic N) is 2. The summed E-state index contributed by atoms with van der Waals surface area (Å²) in [6, 6.07) is 0. The Hall–Kier alpha value is -0.740. The molecular weight excluding hydrogens is 152 g/mol. The van der Waals surface area contributed by atoms with Gasteiger partial charge >= 0.3 is 0 Å². The van der Waals surface area contributed by atoms with Gasteiger partial charge in [-0.25, -0.2) is 10.5 Å². The molecule has 0 aliphatic heterocycles. The molecule has 3 N–H and O–H groups in total. The Labute approximate surface area is 63.9 Å². The Kier molecular flexibility index (Phi) is 2.13. The molecule has 0 aliphatic carbocycles. The summed E-state index contributed by atoms with van der Waals surface area (Å²) in [6.45, 7) is 2.72. The van der Waals surface area contributed by atoms with Crippen molar-refractivity contribution in [1.29, 1.82) is 0 Å². The third-order valence-corrected chi connectivity index (χ3v) is 1.51. The van der Waals surface area contributed by atoms with E-state index in [0.29, 0.717) is 10.8 Å². The number of hydrogen-bond acceptors (Lipinski definition) is 3. The highest BCUT2D eigenvalue weighted by Gasteiger charge is 2.03. The minimum absolute atomic E-state index is 0.546. The van der Waals surface area contributed by atoms with Crippen molar-refractivity contribution >= 4 is 17.4 Å². The van der Waals surface area contributed by atoms with Crippen molar-refractivity contribution in [2.75, 3.05) is 5.43 Å². The summed E-state index contributed by atoms with van der Waals surface area (Å²) in [5.41, 5.74) is 2.46. The summed E-state index contributed by atoms with van der Waals surface area (Å²) in [5, 5.41) is 4.49. The van der Waals surface area contributed by atoms with Crippen molar-refractivity contribution in [3.8, 4) is 0 Å². The van der Waals surface area contributed by atoms with E-state index in [9.17, 15) is 0 Å². The number of anilines is 1. The Balaban J connectivity index is 3.01. The second kappa shape index (κ2) is 2.90. The maximum atomic E-state index is 5.70. The van der Waals surface area contributed by atoms with E-state index in [1.165, 1.54) is 0 Å². The van der Waals surface area contributed by atoms with E-state index in [1.54, 1.807) is 10.9 Å². The third-order valence-electron chi connectivity index (χ3n) is 1.23. The number of hydrazine groups is 1. The van der Waals surface area contributed by atoms with Crippen LogP contribution in [-0.2, 0) is 6.54 Å². The van der Waals surface area contributed by atoms with E-state index in [4.69, 9.17) is 17.4 Å². The first-order chi connectivity index (χ1) is 4.79. The second-order valence-electron chi connectivity index (χ2n) is 1.80. The van der Waals surface area contributed by atoms with E-state index in [2.05, 4.69) is 10.5 Å². The summed E-state index contributed by atoms with van der Waals surface area (Å²) in [6.07, 6.45) is 1.56. The van der Waals surface area contributed by atoms with Crippen molar-refractivity contribution < 1.29 is 0 Å². The predicted octanol–water partition coefficient (Wildman–Crippen LogP) is 0.842. The van der Waals surface area contributed by atoms with Gasteiger partial charge in [0.2, 0.25) is 0 Å². The summed E-state index contributed by atoms with van der Waals surface area (Å²) in [5.74, 6) is 5.83. The monoisotopic (exact) mass is 160 g/mol. The lowest BCUT2D eigenvalue weighted by molar-refractivity contribution is 0.665. The van der Waals surface area contributed by atoms with Gasteiger partial charge in [0.05, 0.1) is 6.20 Å². The minimum Gasteiger partial charge on any atom is -0.307 e. The van der Waals surface area contributed by atoms with Crippen LogP contribution in [0.3, 0.4) is 0 Å². The average molecular weight is 161 g/mol. The van der Waals surface area contributed by atoms with Crippen LogP contribution in [0.2, 0.25) is 5.02 Å².